The highest BCUT2D eigenvalue weighted by Crippen LogP contribution is 2.29. The van der Waals surface area contributed by atoms with Gasteiger partial charge in [0, 0.05) is 18.5 Å². The molecular formula is C10H17N3O2S. The van der Waals surface area contributed by atoms with Gasteiger partial charge < -0.3 is 5.32 Å². The smallest absolute Gasteiger partial charge is 0.178 e. The number of sulfone groups is 1. The molecule has 2 unspecified atom stereocenters. The molecule has 1 fully saturated rings. The molecule has 0 spiro atoms. The first-order valence-electron chi connectivity index (χ1n) is 5.42. The zero-order valence-corrected chi connectivity index (χ0v) is 10.4. The normalized spacial score (nSPS) is 26.1. The van der Waals surface area contributed by atoms with E-state index in [9.17, 15) is 8.42 Å². The summed E-state index contributed by atoms with van der Waals surface area (Å²) in [5.41, 5.74) is 0. The van der Waals surface area contributed by atoms with Crippen LogP contribution in [0.2, 0.25) is 0 Å². The standard InChI is InChI=1S/C10H17N3O2S/c1-11-8-3-4-9(5-8)13-7-10(6-12-13)16(2,14)15/h6-9,11H,3-5H2,1-2H3. The lowest BCUT2D eigenvalue weighted by Gasteiger charge is -2.10. The average Bonchev–Trinajstić information content (AvgIpc) is 2.85. The monoisotopic (exact) mass is 243 g/mol. The Kier molecular flexibility index (Phi) is 3.03. The maximum Gasteiger partial charge on any atom is 0.178 e. The molecule has 0 radical (unpaired) electrons. The van der Waals surface area contributed by atoms with E-state index >= 15 is 0 Å². The quantitative estimate of drug-likeness (QED) is 0.844. The van der Waals surface area contributed by atoms with Crippen LogP contribution in [0, 0.1) is 0 Å². The molecule has 1 saturated carbocycles. The molecule has 0 amide bonds. The summed E-state index contributed by atoms with van der Waals surface area (Å²) in [6, 6.07) is 0.851. The number of hydrogen-bond acceptors (Lipinski definition) is 4. The van der Waals surface area contributed by atoms with Gasteiger partial charge in [0.2, 0.25) is 0 Å². The third kappa shape index (κ3) is 2.27. The fourth-order valence-electron chi connectivity index (χ4n) is 2.17. The Labute approximate surface area is 95.8 Å². The summed E-state index contributed by atoms with van der Waals surface area (Å²) in [4.78, 5) is 0.306. The zero-order chi connectivity index (χ0) is 11.8. The molecule has 6 heteroatoms. The lowest BCUT2D eigenvalue weighted by atomic mass is 10.2. The van der Waals surface area contributed by atoms with E-state index in [0.717, 1.165) is 19.3 Å². The third-order valence-corrected chi connectivity index (χ3v) is 4.26. The van der Waals surface area contributed by atoms with E-state index in [1.807, 2.05) is 7.05 Å². The molecule has 1 aliphatic rings. The molecule has 0 aliphatic heterocycles. The lowest BCUT2D eigenvalue weighted by Crippen LogP contribution is -2.21. The number of aromatic nitrogens is 2. The van der Waals surface area contributed by atoms with Crippen molar-refractivity contribution in [2.45, 2.75) is 36.2 Å². The van der Waals surface area contributed by atoms with Crippen LogP contribution in [0.4, 0.5) is 0 Å². The molecule has 1 heterocycles. The van der Waals surface area contributed by atoms with Crippen LogP contribution in [-0.2, 0) is 9.84 Å². The Balaban J connectivity index is 2.15. The Morgan fingerprint density at radius 2 is 2.25 bits per heavy atom. The molecule has 90 valence electrons. The van der Waals surface area contributed by atoms with E-state index in [1.54, 1.807) is 10.9 Å². The maximum absolute atomic E-state index is 11.3. The molecule has 2 atom stereocenters. The van der Waals surface area contributed by atoms with Crippen molar-refractivity contribution < 1.29 is 8.42 Å². The highest BCUT2D eigenvalue weighted by Gasteiger charge is 2.25. The summed E-state index contributed by atoms with van der Waals surface area (Å²) in [7, 11) is -1.17. The van der Waals surface area contributed by atoms with Crippen molar-refractivity contribution in [1.82, 2.24) is 15.1 Å². The van der Waals surface area contributed by atoms with Crippen molar-refractivity contribution in [2.75, 3.05) is 13.3 Å². The van der Waals surface area contributed by atoms with E-state index in [-0.39, 0.29) is 0 Å². The van der Waals surface area contributed by atoms with Gasteiger partial charge in [0.05, 0.1) is 12.2 Å². The summed E-state index contributed by atoms with van der Waals surface area (Å²) in [5, 5.41) is 7.38. The number of nitrogens with one attached hydrogen (secondary N) is 1. The van der Waals surface area contributed by atoms with Gasteiger partial charge in [-0.3, -0.25) is 4.68 Å². The van der Waals surface area contributed by atoms with Crippen molar-refractivity contribution in [1.29, 1.82) is 0 Å². The van der Waals surface area contributed by atoms with Crippen LogP contribution in [0.15, 0.2) is 17.3 Å². The van der Waals surface area contributed by atoms with Gasteiger partial charge in [-0.2, -0.15) is 5.10 Å². The lowest BCUT2D eigenvalue weighted by molar-refractivity contribution is 0.450. The Morgan fingerprint density at radius 3 is 2.75 bits per heavy atom. The summed E-state index contributed by atoms with van der Waals surface area (Å²) >= 11 is 0. The summed E-state index contributed by atoms with van der Waals surface area (Å²) in [6.45, 7) is 0. The van der Waals surface area contributed by atoms with Crippen LogP contribution in [0.25, 0.3) is 0 Å². The highest BCUT2D eigenvalue weighted by atomic mass is 32.2. The van der Waals surface area contributed by atoms with E-state index in [4.69, 9.17) is 0 Å². The maximum atomic E-state index is 11.3. The van der Waals surface area contributed by atoms with Gasteiger partial charge >= 0.3 is 0 Å². The molecule has 0 bridgehead atoms. The van der Waals surface area contributed by atoms with Gasteiger partial charge in [0.25, 0.3) is 0 Å². The first-order valence-corrected chi connectivity index (χ1v) is 7.31. The van der Waals surface area contributed by atoms with Crippen LogP contribution < -0.4 is 5.32 Å². The minimum Gasteiger partial charge on any atom is -0.317 e. The van der Waals surface area contributed by atoms with Gasteiger partial charge in [-0.1, -0.05) is 0 Å². The molecule has 1 aromatic heterocycles. The zero-order valence-electron chi connectivity index (χ0n) is 9.55. The van der Waals surface area contributed by atoms with Crippen LogP contribution in [0.1, 0.15) is 25.3 Å². The Hall–Kier alpha value is -0.880. The van der Waals surface area contributed by atoms with Crippen molar-refractivity contribution in [3.8, 4) is 0 Å². The average molecular weight is 243 g/mol. The largest absolute Gasteiger partial charge is 0.317 e. The van der Waals surface area contributed by atoms with E-state index in [2.05, 4.69) is 10.4 Å². The van der Waals surface area contributed by atoms with E-state index < -0.39 is 9.84 Å². The molecule has 5 nitrogen and oxygen atoms in total. The van der Waals surface area contributed by atoms with Crippen LogP contribution >= 0.6 is 0 Å². The topological polar surface area (TPSA) is 64.0 Å². The van der Waals surface area contributed by atoms with Gasteiger partial charge in [-0.25, -0.2) is 8.42 Å². The molecular weight excluding hydrogens is 226 g/mol. The van der Waals surface area contributed by atoms with E-state index in [1.165, 1.54) is 12.5 Å². The summed E-state index contributed by atoms with van der Waals surface area (Å²) < 4.78 is 24.4. The van der Waals surface area contributed by atoms with Crippen LogP contribution in [-0.4, -0.2) is 37.5 Å². The van der Waals surface area contributed by atoms with Crippen molar-refractivity contribution in [3.63, 3.8) is 0 Å². The van der Waals surface area contributed by atoms with Crippen molar-refractivity contribution >= 4 is 9.84 Å². The number of hydrogen-bond donors (Lipinski definition) is 1. The SMILES string of the molecule is CNC1CCC(n2cc(S(C)(=O)=O)cn2)C1. The number of nitrogens with zero attached hydrogens (tertiary/aromatic N) is 2. The second kappa shape index (κ2) is 4.18. The molecule has 0 saturated heterocycles. The van der Waals surface area contributed by atoms with Gasteiger partial charge in [-0.05, 0) is 26.3 Å². The fourth-order valence-corrected chi connectivity index (χ4v) is 2.71. The summed E-state index contributed by atoms with van der Waals surface area (Å²) in [6.07, 6.45) is 7.46. The minimum atomic E-state index is -3.13. The van der Waals surface area contributed by atoms with Gasteiger partial charge in [-0.15, -0.1) is 0 Å². The predicted molar refractivity (Wildman–Crippen MR) is 61.1 cm³/mol. The Morgan fingerprint density at radius 1 is 1.50 bits per heavy atom. The van der Waals surface area contributed by atoms with Crippen molar-refractivity contribution in [3.05, 3.63) is 12.4 Å². The fraction of sp³-hybridized carbons (Fsp3) is 0.700. The Bertz CT molecular complexity index is 466. The molecule has 1 aromatic rings. The molecule has 2 rings (SSSR count). The molecule has 1 aliphatic carbocycles. The van der Waals surface area contributed by atoms with Crippen LogP contribution in [0.3, 0.4) is 0 Å². The minimum absolute atomic E-state index is 0.306. The predicted octanol–water partition coefficient (Wildman–Crippen LogP) is 0.600. The van der Waals surface area contributed by atoms with Gasteiger partial charge in [0.15, 0.2) is 9.84 Å². The summed E-state index contributed by atoms with van der Waals surface area (Å²) in [5.74, 6) is 0. The second-order valence-electron chi connectivity index (χ2n) is 4.38. The molecule has 16 heavy (non-hydrogen) atoms. The van der Waals surface area contributed by atoms with Gasteiger partial charge in [0.1, 0.15) is 4.90 Å². The first-order chi connectivity index (χ1) is 7.50. The first kappa shape index (κ1) is 11.6. The molecule has 0 aromatic carbocycles. The number of rotatable bonds is 3. The third-order valence-electron chi connectivity index (χ3n) is 3.19. The highest BCUT2D eigenvalue weighted by molar-refractivity contribution is 7.90. The second-order valence-corrected chi connectivity index (χ2v) is 6.40. The van der Waals surface area contributed by atoms with Crippen LogP contribution in [0.5, 0.6) is 0 Å². The van der Waals surface area contributed by atoms with Crippen molar-refractivity contribution in [2.24, 2.45) is 0 Å². The van der Waals surface area contributed by atoms with E-state index in [0.29, 0.717) is 17.0 Å². The molecule has 1 N–H and O–H groups in total.